The summed E-state index contributed by atoms with van der Waals surface area (Å²) in [6.07, 6.45) is 2.08. The average Bonchev–Trinajstić information content (AvgIpc) is 3.31. The Morgan fingerprint density at radius 1 is 1.14 bits per heavy atom. The fourth-order valence-corrected chi connectivity index (χ4v) is 2.60. The Hall–Kier alpha value is -1.82. The summed E-state index contributed by atoms with van der Waals surface area (Å²) < 4.78 is 13.8. The molecular weight excluding hydrogens is 309 g/mol. The molecule has 118 valence electrons. The summed E-state index contributed by atoms with van der Waals surface area (Å²) in [5.41, 5.74) is 0.0141. The average molecular weight is 326 g/mol. The fourth-order valence-electron chi connectivity index (χ4n) is 2.44. The molecule has 1 saturated heterocycles. The van der Waals surface area contributed by atoms with Crippen LogP contribution in [0.25, 0.3) is 0 Å². The predicted octanol–water partition coefficient (Wildman–Crippen LogP) is 2.11. The van der Waals surface area contributed by atoms with E-state index in [1.54, 1.807) is 9.80 Å². The van der Waals surface area contributed by atoms with E-state index in [1.165, 1.54) is 12.1 Å². The molecule has 2 fully saturated rings. The second-order valence-electron chi connectivity index (χ2n) is 5.63. The zero-order valence-electron chi connectivity index (χ0n) is 12.0. The van der Waals surface area contributed by atoms with E-state index in [1.807, 2.05) is 0 Å². The number of urea groups is 1. The molecule has 1 aliphatic heterocycles. The maximum atomic E-state index is 13.8. The highest BCUT2D eigenvalue weighted by molar-refractivity contribution is 6.30. The number of rotatable bonds is 2. The van der Waals surface area contributed by atoms with Crippen molar-refractivity contribution in [3.05, 3.63) is 34.6 Å². The second kappa shape index (κ2) is 6.12. The summed E-state index contributed by atoms with van der Waals surface area (Å²) >= 11 is 5.69. The minimum atomic E-state index is -0.619. The van der Waals surface area contributed by atoms with Crippen LogP contribution in [-0.2, 0) is 0 Å². The minimum Gasteiger partial charge on any atom is -0.335 e. The summed E-state index contributed by atoms with van der Waals surface area (Å²) in [5.74, 6) is -0.983. The molecule has 1 aliphatic carbocycles. The topological polar surface area (TPSA) is 52.7 Å². The van der Waals surface area contributed by atoms with E-state index in [4.69, 9.17) is 11.6 Å². The van der Waals surface area contributed by atoms with Crippen LogP contribution in [0, 0.1) is 5.82 Å². The Kier molecular flexibility index (Phi) is 4.20. The van der Waals surface area contributed by atoms with Gasteiger partial charge in [0, 0.05) is 37.2 Å². The molecule has 5 nitrogen and oxygen atoms in total. The number of benzene rings is 1. The zero-order chi connectivity index (χ0) is 15.7. The van der Waals surface area contributed by atoms with E-state index in [-0.39, 0.29) is 22.5 Å². The molecule has 7 heteroatoms. The van der Waals surface area contributed by atoms with Crippen LogP contribution in [0.1, 0.15) is 23.2 Å². The second-order valence-corrected chi connectivity index (χ2v) is 6.06. The molecule has 1 heterocycles. The Morgan fingerprint density at radius 2 is 1.77 bits per heavy atom. The van der Waals surface area contributed by atoms with Crippen molar-refractivity contribution in [2.45, 2.75) is 18.9 Å². The number of carbonyl (C=O) groups is 2. The molecule has 0 atom stereocenters. The van der Waals surface area contributed by atoms with Crippen molar-refractivity contribution in [3.8, 4) is 0 Å². The van der Waals surface area contributed by atoms with Crippen molar-refractivity contribution in [1.82, 2.24) is 15.1 Å². The zero-order valence-corrected chi connectivity index (χ0v) is 12.8. The number of hydrogen-bond donors (Lipinski definition) is 1. The van der Waals surface area contributed by atoms with Gasteiger partial charge in [0.25, 0.3) is 5.91 Å². The van der Waals surface area contributed by atoms with Crippen LogP contribution in [0.3, 0.4) is 0 Å². The van der Waals surface area contributed by atoms with E-state index >= 15 is 0 Å². The van der Waals surface area contributed by atoms with Crippen molar-refractivity contribution in [2.24, 2.45) is 0 Å². The normalized spacial score (nSPS) is 18.3. The summed E-state index contributed by atoms with van der Waals surface area (Å²) in [4.78, 5) is 27.5. The first-order chi connectivity index (χ1) is 10.5. The highest BCUT2D eigenvalue weighted by Crippen LogP contribution is 2.20. The van der Waals surface area contributed by atoms with Gasteiger partial charge in [-0.2, -0.15) is 0 Å². The maximum Gasteiger partial charge on any atom is 0.317 e. The highest BCUT2D eigenvalue weighted by atomic mass is 35.5. The van der Waals surface area contributed by atoms with Gasteiger partial charge in [-0.1, -0.05) is 11.6 Å². The summed E-state index contributed by atoms with van der Waals surface area (Å²) in [5, 5.41) is 3.18. The van der Waals surface area contributed by atoms with Gasteiger partial charge < -0.3 is 15.1 Å². The van der Waals surface area contributed by atoms with Crippen LogP contribution in [0.15, 0.2) is 18.2 Å². The van der Waals surface area contributed by atoms with Gasteiger partial charge >= 0.3 is 6.03 Å². The highest BCUT2D eigenvalue weighted by Gasteiger charge is 2.29. The number of nitrogens with zero attached hydrogens (tertiary/aromatic N) is 2. The summed E-state index contributed by atoms with van der Waals surface area (Å²) in [6.45, 7) is 1.72. The third-order valence-corrected chi connectivity index (χ3v) is 4.16. The summed E-state index contributed by atoms with van der Waals surface area (Å²) in [6, 6.07) is 4.26. The van der Waals surface area contributed by atoms with Crippen molar-refractivity contribution >= 4 is 23.5 Å². The predicted molar refractivity (Wildman–Crippen MR) is 80.4 cm³/mol. The molecule has 2 aliphatic rings. The number of halogens is 2. The number of amides is 3. The quantitative estimate of drug-likeness (QED) is 0.905. The number of nitrogens with one attached hydrogen (secondary N) is 1. The molecule has 1 aromatic carbocycles. The van der Waals surface area contributed by atoms with Crippen molar-refractivity contribution in [1.29, 1.82) is 0 Å². The lowest BCUT2D eigenvalue weighted by Crippen LogP contribution is -2.53. The van der Waals surface area contributed by atoms with Gasteiger partial charge in [-0.05, 0) is 31.0 Å². The van der Waals surface area contributed by atoms with Crippen LogP contribution in [0.2, 0.25) is 5.02 Å². The van der Waals surface area contributed by atoms with Gasteiger partial charge in [-0.25, -0.2) is 9.18 Å². The molecule has 0 spiro atoms. The third-order valence-electron chi connectivity index (χ3n) is 3.92. The first-order valence-corrected chi connectivity index (χ1v) is 7.72. The molecule has 0 bridgehead atoms. The maximum absolute atomic E-state index is 13.8. The Morgan fingerprint density at radius 3 is 2.36 bits per heavy atom. The van der Waals surface area contributed by atoms with Crippen molar-refractivity contribution < 1.29 is 14.0 Å². The van der Waals surface area contributed by atoms with Crippen molar-refractivity contribution in [3.63, 3.8) is 0 Å². The lowest BCUT2D eigenvalue weighted by atomic mass is 10.1. The van der Waals surface area contributed by atoms with E-state index in [0.29, 0.717) is 32.2 Å². The Bertz CT molecular complexity index is 598. The lowest BCUT2D eigenvalue weighted by Gasteiger charge is -2.34. The molecule has 1 N–H and O–H groups in total. The van der Waals surface area contributed by atoms with Gasteiger partial charge in [0.05, 0.1) is 5.56 Å². The Labute approximate surface area is 133 Å². The number of carbonyl (C=O) groups excluding carboxylic acids is 2. The van der Waals surface area contributed by atoms with Crippen LogP contribution < -0.4 is 5.32 Å². The van der Waals surface area contributed by atoms with Gasteiger partial charge in [0.15, 0.2) is 0 Å². The molecule has 3 rings (SSSR count). The Balaban J connectivity index is 1.58. The monoisotopic (exact) mass is 325 g/mol. The van der Waals surface area contributed by atoms with E-state index in [9.17, 15) is 14.0 Å². The van der Waals surface area contributed by atoms with Crippen LogP contribution >= 0.6 is 11.6 Å². The van der Waals surface area contributed by atoms with Gasteiger partial charge in [-0.15, -0.1) is 0 Å². The molecule has 0 radical (unpaired) electrons. The van der Waals surface area contributed by atoms with E-state index < -0.39 is 5.82 Å². The van der Waals surface area contributed by atoms with Gasteiger partial charge in [0.2, 0.25) is 0 Å². The SMILES string of the molecule is O=C(NC1CC1)N1CCN(C(=O)c2ccc(Cl)cc2F)CC1. The first-order valence-electron chi connectivity index (χ1n) is 7.34. The molecule has 1 saturated carbocycles. The lowest BCUT2D eigenvalue weighted by molar-refractivity contribution is 0.0660. The third kappa shape index (κ3) is 3.32. The van der Waals surface area contributed by atoms with Crippen LogP contribution in [0.5, 0.6) is 0 Å². The first kappa shape index (κ1) is 15.1. The number of piperazine rings is 1. The van der Waals surface area contributed by atoms with Crippen molar-refractivity contribution in [2.75, 3.05) is 26.2 Å². The fraction of sp³-hybridized carbons (Fsp3) is 0.467. The molecule has 1 aromatic rings. The van der Waals surface area contributed by atoms with E-state index in [2.05, 4.69) is 5.32 Å². The molecule has 3 amide bonds. The smallest absolute Gasteiger partial charge is 0.317 e. The van der Waals surface area contributed by atoms with Gasteiger partial charge in [-0.3, -0.25) is 4.79 Å². The number of hydrogen-bond acceptors (Lipinski definition) is 2. The van der Waals surface area contributed by atoms with Crippen LogP contribution in [-0.4, -0.2) is 54.0 Å². The molecule has 0 unspecified atom stereocenters. The standard InChI is InChI=1S/C15H17ClFN3O2/c16-10-1-4-12(13(17)9-10)14(21)19-5-7-20(8-6-19)15(22)18-11-2-3-11/h1,4,9,11H,2-3,5-8H2,(H,18,22). The largest absolute Gasteiger partial charge is 0.335 e. The van der Waals surface area contributed by atoms with E-state index in [0.717, 1.165) is 18.9 Å². The summed E-state index contributed by atoms with van der Waals surface area (Å²) in [7, 11) is 0. The molecule has 22 heavy (non-hydrogen) atoms. The minimum absolute atomic E-state index is 0.0141. The molecular formula is C15H17ClFN3O2. The van der Waals surface area contributed by atoms with Gasteiger partial charge in [0.1, 0.15) is 5.82 Å². The van der Waals surface area contributed by atoms with Crippen LogP contribution in [0.4, 0.5) is 9.18 Å². The molecule has 0 aromatic heterocycles.